The highest BCUT2D eigenvalue weighted by atomic mass is 16.5. The molecule has 1 aliphatic rings. The number of benzene rings is 2. The van der Waals surface area contributed by atoms with Crippen LogP contribution >= 0.6 is 0 Å². The number of anilines is 3. The number of hydrogen-bond acceptors (Lipinski definition) is 7. The van der Waals surface area contributed by atoms with Crippen LogP contribution in [-0.4, -0.2) is 46.2 Å². The van der Waals surface area contributed by atoms with Crippen LogP contribution in [0.2, 0.25) is 0 Å². The van der Waals surface area contributed by atoms with Crippen molar-refractivity contribution in [2.24, 2.45) is 0 Å². The van der Waals surface area contributed by atoms with Crippen molar-refractivity contribution in [2.75, 3.05) is 36.5 Å². The quantitative estimate of drug-likeness (QED) is 0.500. The summed E-state index contributed by atoms with van der Waals surface area (Å²) in [6, 6.07) is 16.2. The van der Waals surface area contributed by atoms with E-state index in [4.69, 9.17) is 14.5 Å². The van der Waals surface area contributed by atoms with E-state index in [1.54, 1.807) is 0 Å². The molecule has 5 rings (SSSR count). The number of fused-ring (bicyclic) bond motifs is 1. The summed E-state index contributed by atoms with van der Waals surface area (Å²) in [5.74, 6) is 2.06. The highest BCUT2D eigenvalue weighted by Gasteiger charge is 2.21. The Morgan fingerprint density at radius 3 is 2.55 bits per heavy atom. The third-order valence-corrected chi connectivity index (χ3v) is 5.13. The maximum Gasteiger partial charge on any atom is 0.326 e. The maximum absolute atomic E-state index is 5.96. The SMILES string of the molecule is Cc1ccc(Oc2nc(N3CCOCC3)c3[nH]c(Nc4cccc(C)c4)nc3n2)cc1. The van der Waals surface area contributed by atoms with Crippen LogP contribution in [0.25, 0.3) is 11.2 Å². The normalized spacial score (nSPS) is 14.1. The molecule has 158 valence electrons. The van der Waals surface area contributed by atoms with Crippen molar-refractivity contribution < 1.29 is 9.47 Å². The minimum absolute atomic E-state index is 0.270. The Hall–Kier alpha value is -3.65. The lowest BCUT2D eigenvalue weighted by molar-refractivity contribution is 0.122. The van der Waals surface area contributed by atoms with Crippen LogP contribution < -0.4 is 15.0 Å². The Morgan fingerprint density at radius 2 is 1.77 bits per heavy atom. The summed E-state index contributed by atoms with van der Waals surface area (Å²) < 4.78 is 11.5. The van der Waals surface area contributed by atoms with E-state index in [1.807, 2.05) is 43.3 Å². The highest BCUT2D eigenvalue weighted by Crippen LogP contribution is 2.29. The molecule has 0 bridgehead atoms. The van der Waals surface area contributed by atoms with Crippen LogP contribution in [0, 0.1) is 13.8 Å². The van der Waals surface area contributed by atoms with Crippen molar-refractivity contribution in [3.8, 4) is 11.8 Å². The Balaban J connectivity index is 1.52. The number of rotatable bonds is 5. The third kappa shape index (κ3) is 4.29. The lowest BCUT2D eigenvalue weighted by atomic mass is 10.2. The monoisotopic (exact) mass is 416 g/mol. The molecular weight excluding hydrogens is 392 g/mol. The molecule has 8 heteroatoms. The number of aryl methyl sites for hydroxylation is 2. The number of H-pyrrole nitrogens is 1. The van der Waals surface area contributed by atoms with Crippen molar-refractivity contribution in [2.45, 2.75) is 13.8 Å². The molecule has 0 spiro atoms. The number of aromatic amines is 1. The summed E-state index contributed by atoms with van der Waals surface area (Å²) in [6.45, 7) is 6.89. The molecule has 1 saturated heterocycles. The Labute approximate surface area is 180 Å². The van der Waals surface area contributed by atoms with Gasteiger partial charge in [0.1, 0.15) is 11.3 Å². The third-order valence-electron chi connectivity index (χ3n) is 5.13. The van der Waals surface area contributed by atoms with Crippen LogP contribution in [0.5, 0.6) is 11.8 Å². The molecule has 0 radical (unpaired) electrons. The fraction of sp³-hybridized carbons (Fsp3) is 0.261. The molecule has 0 atom stereocenters. The zero-order valence-electron chi connectivity index (χ0n) is 17.6. The first-order valence-electron chi connectivity index (χ1n) is 10.3. The summed E-state index contributed by atoms with van der Waals surface area (Å²) in [5, 5.41) is 3.32. The summed E-state index contributed by atoms with van der Waals surface area (Å²) in [7, 11) is 0. The number of ether oxygens (including phenoxy) is 2. The number of nitrogens with zero attached hydrogens (tertiary/aromatic N) is 4. The topological polar surface area (TPSA) is 88.2 Å². The van der Waals surface area contributed by atoms with Gasteiger partial charge >= 0.3 is 6.01 Å². The minimum atomic E-state index is 0.270. The van der Waals surface area contributed by atoms with Crippen LogP contribution in [-0.2, 0) is 4.74 Å². The molecule has 0 aliphatic carbocycles. The predicted molar refractivity (Wildman–Crippen MR) is 120 cm³/mol. The van der Waals surface area contributed by atoms with Gasteiger partial charge in [-0.05, 0) is 43.7 Å². The summed E-state index contributed by atoms with van der Waals surface area (Å²) in [4.78, 5) is 19.4. The van der Waals surface area contributed by atoms with Crippen molar-refractivity contribution >= 4 is 28.6 Å². The molecule has 0 saturated carbocycles. The Bertz CT molecular complexity index is 1200. The van der Waals surface area contributed by atoms with Gasteiger partial charge in [0.15, 0.2) is 11.5 Å². The molecule has 31 heavy (non-hydrogen) atoms. The van der Waals surface area contributed by atoms with Gasteiger partial charge in [0.05, 0.1) is 13.2 Å². The zero-order valence-corrected chi connectivity index (χ0v) is 17.6. The van der Waals surface area contributed by atoms with E-state index in [-0.39, 0.29) is 6.01 Å². The molecule has 1 aliphatic heterocycles. The van der Waals surface area contributed by atoms with E-state index < -0.39 is 0 Å². The second-order valence-electron chi connectivity index (χ2n) is 7.62. The maximum atomic E-state index is 5.96. The van der Waals surface area contributed by atoms with E-state index in [9.17, 15) is 0 Å². The van der Waals surface area contributed by atoms with Gasteiger partial charge in [0.25, 0.3) is 0 Å². The molecule has 2 aromatic heterocycles. The number of morpholine rings is 1. The number of aromatic nitrogens is 4. The van der Waals surface area contributed by atoms with Crippen molar-refractivity contribution in [1.82, 2.24) is 19.9 Å². The number of nitrogens with one attached hydrogen (secondary N) is 2. The molecule has 2 aromatic carbocycles. The van der Waals surface area contributed by atoms with E-state index >= 15 is 0 Å². The molecule has 2 N–H and O–H groups in total. The average Bonchev–Trinajstić information content (AvgIpc) is 3.17. The second-order valence-corrected chi connectivity index (χ2v) is 7.62. The first kappa shape index (κ1) is 19.3. The molecular formula is C23H24N6O2. The van der Waals surface area contributed by atoms with E-state index in [0.717, 1.165) is 35.7 Å². The van der Waals surface area contributed by atoms with Crippen LogP contribution in [0.4, 0.5) is 17.5 Å². The fourth-order valence-electron chi connectivity index (χ4n) is 3.54. The minimum Gasteiger partial charge on any atom is -0.424 e. The van der Waals surface area contributed by atoms with Gasteiger partial charge in [-0.3, -0.25) is 0 Å². The first-order chi connectivity index (χ1) is 15.1. The molecule has 1 fully saturated rings. The van der Waals surface area contributed by atoms with E-state index in [0.29, 0.717) is 30.6 Å². The van der Waals surface area contributed by atoms with Crippen LogP contribution in [0.15, 0.2) is 48.5 Å². The van der Waals surface area contributed by atoms with Gasteiger partial charge in [-0.2, -0.15) is 15.0 Å². The number of hydrogen-bond donors (Lipinski definition) is 2. The second kappa shape index (κ2) is 8.23. The van der Waals surface area contributed by atoms with Gasteiger partial charge in [-0.15, -0.1) is 0 Å². The smallest absolute Gasteiger partial charge is 0.326 e. The molecule has 4 aromatic rings. The van der Waals surface area contributed by atoms with E-state index in [2.05, 4.69) is 44.2 Å². The van der Waals surface area contributed by atoms with Gasteiger partial charge < -0.3 is 24.7 Å². The lowest BCUT2D eigenvalue weighted by Crippen LogP contribution is -2.37. The van der Waals surface area contributed by atoms with Crippen molar-refractivity contribution in [1.29, 1.82) is 0 Å². The molecule has 3 heterocycles. The molecule has 0 unspecified atom stereocenters. The fourth-order valence-corrected chi connectivity index (χ4v) is 3.54. The van der Waals surface area contributed by atoms with Crippen LogP contribution in [0.1, 0.15) is 11.1 Å². The summed E-state index contributed by atoms with van der Waals surface area (Å²) in [6.07, 6.45) is 0. The zero-order chi connectivity index (χ0) is 21.2. The van der Waals surface area contributed by atoms with Crippen LogP contribution in [0.3, 0.4) is 0 Å². The van der Waals surface area contributed by atoms with Crippen molar-refractivity contribution in [3.05, 3.63) is 59.7 Å². The highest BCUT2D eigenvalue weighted by molar-refractivity contribution is 5.86. The predicted octanol–water partition coefficient (Wildman–Crippen LogP) is 4.34. The first-order valence-corrected chi connectivity index (χ1v) is 10.3. The Kier molecular flexibility index (Phi) is 5.13. The molecule has 0 amide bonds. The van der Waals surface area contributed by atoms with Gasteiger partial charge in [-0.25, -0.2) is 0 Å². The summed E-state index contributed by atoms with van der Waals surface area (Å²) in [5.41, 5.74) is 4.61. The van der Waals surface area contributed by atoms with Gasteiger partial charge in [0, 0.05) is 18.8 Å². The largest absolute Gasteiger partial charge is 0.424 e. The van der Waals surface area contributed by atoms with Crippen molar-refractivity contribution in [3.63, 3.8) is 0 Å². The van der Waals surface area contributed by atoms with E-state index in [1.165, 1.54) is 5.56 Å². The number of imidazole rings is 1. The average molecular weight is 416 g/mol. The summed E-state index contributed by atoms with van der Waals surface area (Å²) >= 11 is 0. The lowest BCUT2D eigenvalue weighted by Gasteiger charge is -2.28. The Morgan fingerprint density at radius 1 is 0.968 bits per heavy atom. The van der Waals surface area contributed by atoms with Gasteiger partial charge in [0.2, 0.25) is 5.95 Å². The van der Waals surface area contributed by atoms with Gasteiger partial charge in [-0.1, -0.05) is 29.8 Å². The standard InChI is InChI=1S/C23H24N6O2/c1-15-6-8-18(9-7-15)31-23-27-20-19(21(28-23)29-10-12-30-13-11-29)25-22(26-20)24-17-5-3-4-16(2)14-17/h3-9,14H,10-13H2,1-2H3,(H2,24,25,26,27,28). The molecule has 8 nitrogen and oxygen atoms in total.